The van der Waals surface area contributed by atoms with Gasteiger partial charge in [0, 0.05) is 19.6 Å². The highest BCUT2D eigenvalue weighted by Gasteiger charge is 2.52. The molecule has 30 heavy (non-hydrogen) atoms. The van der Waals surface area contributed by atoms with Crippen molar-refractivity contribution in [2.75, 3.05) is 19.6 Å². The zero-order valence-corrected chi connectivity index (χ0v) is 17.3. The Balaban J connectivity index is 1.46. The SMILES string of the molecule is CCc1cc(C2=CCN(C(=O)[C@H]3NCC4(CC4)C[C@@H]3C(=O)NO)CC2)ccc1C#N. The molecule has 1 saturated carbocycles. The fourth-order valence-corrected chi connectivity index (χ4v) is 4.79. The van der Waals surface area contributed by atoms with Gasteiger partial charge in [0.05, 0.1) is 23.6 Å². The van der Waals surface area contributed by atoms with Crippen molar-refractivity contribution in [2.24, 2.45) is 11.3 Å². The van der Waals surface area contributed by atoms with E-state index in [1.54, 1.807) is 10.4 Å². The van der Waals surface area contributed by atoms with E-state index in [4.69, 9.17) is 5.21 Å². The number of benzene rings is 1. The van der Waals surface area contributed by atoms with Gasteiger partial charge >= 0.3 is 0 Å². The van der Waals surface area contributed by atoms with E-state index in [-0.39, 0.29) is 11.3 Å². The van der Waals surface area contributed by atoms with Crippen LogP contribution in [0.4, 0.5) is 0 Å². The molecule has 1 aliphatic carbocycles. The van der Waals surface area contributed by atoms with E-state index in [1.807, 2.05) is 19.1 Å². The number of piperidine rings is 1. The van der Waals surface area contributed by atoms with Crippen molar-refractivity contribution in [1.82, 2.24) is 15.7 Å². The normalized spacial score (nSPS) is 24.7. The van der Waals surface area contributed by atoms with Crippen molar-refractivity contribution in [1.29, 1.82) is 5.26 Å². The van der Waals surface area contributed by atoms with Crippen LogP contribution in [0.25, 0.3) is 5.57 Å². The Kier molecular flexibility index (Phi) is 5.63. The number of hydrogen-bond donors (Lipinski definition) is 3. The van der Waals surface area contributed by atoms with Crippen molar-refractivity contribution < 1.29 is 14.8 Å². The molecule has 2 aliphatic heterocycles. The van der Waals surface area contributed by atoms with E-state index in [0.717, 1.165) is 43.4 Å². The summed E-state index contributed by atoms with van der Waals surface area (Å²) in [6, 6.07) is 7.54. The second-order valence-corrected chi connectivity index (χ2v) is 8.75. The fourth-order valence-electron chi connectivity index (χ4n) is 4.79. The number of nitrogens with zero attached hydrogens (tertiary/aromatic N) is 2. The third-order valence-corrected chi connectivity index (χ3v) is 6.92. The summed E-state index contributed by atoms with van der Waals surface area (Å²) in [6.45, 7) is 3.87. The molecule has 7 nitrogen and oxygen atoms in total. The Morgan fingerprint density at radius 3 is 2.80 bits per heavy atom. The average molecular weight is 409 g/mol. The number of hydrogen-bond acceptors (Lipinski definition) is 5. The first-order valence-electron chi connectivity index (χ1n) is 10.7. The van der Waals surface area contributed by atoms with E-state index in [1.165, 1.54) is 5.57 Å². The van der Waals surface area contributed by atoms with Gasteiger partial charge in [-0.25, -0.2) is 5.48 Å². The Morgan fingerprint density at radius 1 is 1.40 bits per heavy atom. The minimum atomic E-state index is -0.597. The zero-order chi connectivity index (χ0) is 21.3. The van der Waals surface area contributed by atoms with Crippen LogP contribution in [0.5, 0.6) is 0 Å². The number of carbonyl (C=O) groups is 2. The maximum Gasteiger partial charge on any atom is 0.248 e. The van der Waals surface area contributed by atoms with E-state index in [0.29, 0.717) is 25.1 Å². The van der Waals surface area contributed by atoms with Gasteiger partial charge < -0.3 is 10.2 Å². The van der Waals surface area contributed by atoms with Crippen molar-refractivity contribution in [3.63, 3.8) is 0 Å². The highest BCUT2D eigenvalue weighted by atomic mass is 16.5. The predicted octanol–water partition coefficient (Wildman–Crippen LogP) is 2.00. The van der Waals surface area contributed by atoms with Gasteiger partial charge in [-0.15, -0.1) is 0 Å². The molecule has 1 aromatic rings. The lowest BCUT2D eigenvalue weighted by atomic mass is 9.81. The summed E-state index contributed by atoms with van der Waals surface area (Å²) in [5.74, 6) is -1.11. The van der Waals surface area contributed by atoms with Crippen molar-refractivity contribution in [3.05, 3.63) is 41.0 Å². The molecule has 3 N–H and O–H groups in total. The summed E-state index contributed by atoms with van der Waals surface area (Å²) in [7, 11) is 0. The molecular weight excluding hydrogens is 380 g/mol. The van der Waals surface area contributed by atoms with Gasteiger partial charge in [-0.05, 0) is 60.3 Å². The third-order valence-electron chi connectivity index (χ3n) is 6.92. The molecule has 7 heteroatoms. The van der Waals surface area contributed by atoms with Gasteiger partial charge in [0.25, 0.3) is 0 Å². The molecule has 0 unspecified atom stereocenters. The van der Waals surface area contributed by atoms with Crippen LogP contribution in [0.3, 0.4) is 0 Å². The van der Waals surface area contributed by atoms with Gasteiger partial charge in [0.1, 0.15) is 0 Å². The Bertz CT molecular complexity index is 929. The Hall–Kier alpha value is -2.69. The van der Waals surface area contributed by atoms with Crippen LogP contribution >= 0.6 is 0 Å². The molecule has 2 heterocycles. The van der Waals surface area contributed by atoms with Crippen LogP contribution in [-0.4, -0.2) is 47.6 Å². The average Bonchev–Trinajstić information content (AvgIpc) is 3.56. The molecule has 3 aliphatic rings. The van der Waals surface area contributed by atoms with Crippen LogP contribution in [-0.2, 0) is 16.0 Å². The molecule has 1 spiro atoms. The van der Waals surface area contributed by atoms with Crippen LogP contribution < -0.4 is 10.8 Å². The highest BCUT2D eigenvalue weighted by Crippen LogP contribution is 2.52. The molecule has 1 aromatic carbocycles. The van der Waals surface area contributed by atoms with E-state index < -0.39 is 17.9 Å². The second kappa shape index (κ2) is 8.21. The monoisotopic (exact) mass is 408 g/mol. The minimum absolute atomic E-state index is 0.0801. The first kappa shape index (κ1) is 20.6. The van der Waals surface area contributed by atoms with Crippen molar-refractivity contribution in [2.45, 2.75) is 45.1 Å². The largest absolute Gasteiger partial charge is 0.337 e. The van der Waals surface area contributed by atoms with Crippen LogP contribution in [0, 0.1) is 22.7 Å². The lowest BCUT2D eigenvalue weighted by Gasteiger charge is -2.38. The number of nitrogens with one attached hydrogen (secondary N) is 2. The Morgan fingerprint density at radius 2 is 2.20 bits per heavy atom. The lowest BCUT2D eigenvalue weighted by Crippen LogP contribution is -2.59. The van der Waals surface area contributed by atoms with Crippen LogP contribution in [0.1, 0.15) is 49.3 Å². The summed E-state index contributed by atoms with van der Waals surface area (Å²) in [5, 5.41) is 21.7. The highest BCUT2D eigenvalue weighted by molar-refractivity contribution is 5.90. The van der Waals surface area contributed by atoms with Gasteiger partial charge in [0.15, 0.2) is 0 Å². The molecule has 0 bridgehead atoms. The summed E-state index contributed by atoms with van der Waals surface area (Å²) in [6.07, 6.45) is 6.37. The van der Waals surface area contributed by atoms with Gasteiger partial charge in [-0.3, -0.25) is 14.8 Å². The third kappa shape index (κ3) is 3.85. The van der Waals surface area contributed by atoms with E-state index in [2.05, 4.69) is 23.5 Å². The van der Waals surface area contributed by atoms with Crippen LogP contribution in [0.2, 0.25) is 0 Å². The quantitative estimate of drug-likeness (QED) is 0.522. The number of nitriles is 1. The topological polar surface area (TPSA) is 105 Å². The lowest BCUT2D eigenvalue weighted by molar-refractivity contribution is -0.144. The molecular formula is C23H28N4O3. The molecule has 4 rings (SSSR count). The minimum Gasteiger partial charge on any atom is -0.337 e. The summed E-state index contributed by atoms with van der Waals surface area (Å²) in [4.78, 5) is 27.2. The number of hydroxylamine groups is 1. The number of amides is 2. The van der Waals surface area contributed by atoms with E-state index in [9.17, 15) is 14.9 Å². The summed E-state index contributed by atoms with van der Waals surface area (Å²) < 4.78 is 0. The second-order valence-electron chi connectivity index (χ2n) is 8.75. The van der Waals surface area contributed by atoms with Gasteiger partial charge in [-0.2, -0.15) is 5.26 Å². The molecule has 0 aromatic heterocycles. The van der Waals surface area contributed by atoms with Gasteiger partial charge in [-0.1, -0.05) is 25.1 Å². The first-order valence-corrected chi connectivity index (χ1v) is 10.7. The maximum atomic E-state index is 13.2. The van der Waals surface area contributed by atoms with Crippen molar-refractivity contribution >= 4 is 17.4 Å². The standard InChI is InChI=1S/C23H28N4O3/c1-2-15-11-17(3-4-18(15)13-24)16-5-9-27(10-6-16)22(29)20-19(21(28)26-30)12-23(7-8-23)14-25-20/h3-5,11,19-20,25,30H,2,6-10,12,14H2,1H3,(H,26,28)/t19-,20-/m0/s1. The molecule has 158 valence electrons. The first-order chi connectivity index (χ1) is 14.5. The maximum absolute atomic E-state index is 13.2. The van der Waals surface area contributed by atoms with Crippen molar-refractivity contribution in [3.8, 4) is 6.07 Å². The predicted molar refractivity (Wildman–Crippen MR) is 111 cm³/mol. The number of carbonyl (C=O) groups excluding carboxylic acids is 2. The summed E-state index contributed by atoms with van der Waals surface area (Å²) in [5.41, 5.74) is 5.89. The fraction of sp³-hybridized carbons (Fsp3) is 0.522. The smallest absolute Gasteiger partial charge is 0.248 e. The summed E-state index contributed by atoms with van der Waals surface area (Å²) >= 11 is 0. The van der Waals surface area contributed by atoms with Gasteiger partial charge in [0.2, 0.25) is 11.8 Å². The zero-order valence-electron chi connectivity index (χ0n) is 17.3. The Labute approximate surface area is 176 Å². The molecule has 2 amide bonds. The molecule has 2 fully saturated rings. The molecule has 1 saturated heterocycles. The van der Waals surface area contributed by atoms with E-state index >= 15 is 0 Å². The number of aryl methyl sites for hydroxylation is 1. The number of rotatable bonds is 4. The molecule has 2 atom stereocenters. The molecule has 0 radical (unpaired) electrons. The van der Waals surface area contributed by atoms with Crippen LogP contribution in [0.15, 0.2) is 24.3 Å².